The number of benzene rings is 2. The first-order valence-corrected chi connectivity index (χ1v) is 6.06. The van der Waals surface area contributed by atoms with E-state index in [0.29, 0.717) is 0 Å². The number of ether oxygens (including phenoxy) is 1. The van der Waals surface area contributed by atoms with Crippen LogP contribution in [-0.4, -0.2) is 5.97 Å². The lowest BCUT2D eigenvalue weighted by molar-refractivity contribution is -0.154. The van der Waals surface area contributed by atoms with Crippen molar-refractivity contribution in [2.45, 2.75) is 18.9 Å². The zero-order valence-corrected chi connectivity index (χ0v) is 10.2. The summed E-state index contributed by atoms with van der Waals surface area (Å²) in [6.45, 7) is 1.96. The molecule has 3 rings (SSSR count). The second-order valence-electron chi connectivity index (χ2n) is 4.82. The van der Waals surface area contributed by atoms with Crippen LogP contribution in [0.25, 0.3) is 10.8 Å². The lowest BCUT2D eigenvalue weighted by atomic mass is 9.89. The van der Waals surface area contributed by atoms with Gasteiger partial charge in [-0.2, -0.15) is 0 Å². The molecule has 0 saturated heterocycles. The molecule has 1 atom stereocenters. The predicted octanol–water partition coefficient (Wildman–Crippen LogP) is 3.56. The summed E-state index contributed by atoms with van der Waals surface area (Å²) in [4.78, 5) is 11.4. The molecule has 0 amide bonds. The van der Waals surface area contributed by atoms with Gasteiger partial charge in [0.1, 0.15) is 5.60 Å². The molecule has 1 aliphatic heterocycles. The second-order valence-corrected chi connectivity index (χ2v) is 4.82. The Morgan fingerprint density at radius 3 is 2.67 bits per heavy atom. The van der Waals surface area contributed by atoms with Gasteiger partial charge < -0.3 is 4.74 Å². The quantitative estimate of drug-likeness (QED) is 0.710. The monoisotopic (exact) mass is 238 g/mol. The maximum absolute atomic E-state index is 11.4. The fourth-order valence-corrected chi connectivity index (χ4v) is 2.37. The highest BCUT2D eigenvalue weighted by Gasteiger charge is 2.31. The van der Waals surface area contributed by atoms with E-state index in [2.05, 4.69) is 24.3 Å². The van der Waals surface area contributed by atoms with E-state index in [1.807, 2.05) is 31.2 Å². The summed E-state index contributed by atoms with van der Waals surface area (Å²) >= 11 is 0. The Hall–Kier alpha value is -2.09. The van der Waals surface area contributed by atoms with Gasteiger partial charge in [0.2, 0.25) is 0 Å². The van der Waals surface area contributed by atoms with Crippen LogP contribution in [0.5, 0.6) is 0 Å². The van der Waals surface area contributed by atoms with Gasteiger partial charge in [0, 0.05) is 12.5 Å². The summed E-state index contributed by atoms with van der Waals surface area (Å²) in [5.74, 6) is -0.267. The summed E-state index contributed by atoms with van der Waals surface area (Å²) in [6, 6.07) is 14.4. The topological polar surface area (TPSA) is 26.3 Å². The first-order valence-electron chi connectivity index (χ1n) is 6.06. The number of hydrogen-bond donors (Lipinski definition) is 0. The molecule has 0 aliphatic carbocycles. The second kappa shape index (κ2) is 3.98. The largest absolute Gasteiger partial charge is 0.451 e. The number of hydrogen-bond acceptors (Lipinski definition) is 2. The van der Waals surface area contributed by atoms with E-state index in [1.165, 1.54) is 16.8 Å². The molecule has 2 nitrogen and oxygen atoms in total. The Bertz CT molecular complexity index is 642. The third kappa shape index (κ3) is 1.80. The van der Waals surface area contributed by atoms with Crippen LogP contribution in [0, 0.1) is 0 Å². The van der Waals surface area contributed by atoms with E-state index in [9.17, 15) is 4.79 Å². The van der Waals surface area contributed by atoms with Gasteiger partial charge in [-0.15, -0.1) is 0 Å². The summed E-state index contributed by atoms with van der Waals surface area (Å²) in [6.07, 6.45) is 4.08. The van der Waals surface area contributed by atoms with Crippen molar-refractivity contribution >= 4 is 16.7 Å². The minimum absolute atomic E-state index is 0.267. The normalized spacial score (nSPS) is 23.1. The van der Waals surface area contributed by atoms with Crippen LogP contribution in [0.4, 0.5) is 0 Å². The van der Waals surface area contributed by atoms with Crippen LogP contribution >= 0.6 is 0 Å². The molecule has 2 aromatic carbocycles. The highest BCUT2D eigenvalue weighted by Crippen LogP contribution is 2.34. The first-order chi connectivity index (χ1) is 8.67. The SMILES string of the molecule is C[C@@]1(c2ccc3ccccc3c2)CC=CC(=O)O1. The smallest absolute Gasteiger partial charge is 0.331 e. The van der Waals surface area contributed by atoms with Gasteiger partial charge in [0.15, 0.2) is 0 Å². The van der Waals surface area contributed by atoms with Crippen molar-refractivity contribution in [3.63, 3.8) is 0 Å². The van der Waals surface area contributed by atoms with Crippen LogP contribution < -0.4 is 0 Å². The molecule has 0 saturated carbocycles. The van der Waals surface area contributed by atoms with Crippen molar-refractivity contribution in [2.24, 2.45) is 0 Å². The lowest BCUT2D eigenvalue weighted by Gasteiger charge is -2.31. The van der Waals surface area contributed by atoms with E-state index < -0.39 is 5.60 Å². The van der Waals surface area contributed by atoms with Crippen molar-refractivity contribution < 1.29 is 9.53 Å². The van der Waals surface area contributed by atoms with E-state index in [-0.39, 0.29) is 5.97 Å². The summed E-state index contributed by atoms with van der Waals surface area (Å²) < 4.78 is 5.48. The van der Waals surface area contributed by atoms with E-state index in [1.54, 1.807) is 0 Å². The minimum Gasteiger partial charge on any atom is -0.451 e. The van der Waals surface area contributed by atoms with Crippen molar-refractivity contribution in [3.05, 3.63) is 60.2 Å². The van der Waals surface area contributed by atoms with Crippen LogP contribution in [0.2, 0.25) is 0 Å². The molecule has 1 aliphatic rings. The molecule has 0 unspecified atom stereocenters. The molecule has 18 heavy (non-hydrogen) atoms. The van der Waals surface area contributed by atoms with Crippen molar-refractivity contribution in [2.75, 3.05) is 0 Å². The van der Waals surface area contributed by atoms with Crippen LogP contribution in [0.1, 0.15) is 18.9 Å². The first kappa shape index (κ1) is 11.0. The third-order valence-corrected chi connectivity index (χ3v) is 3.45. The van der Waals surface area contributed by atoms with Crippen LogP contribution in [-0.2, 0) is 15.1 Å². The van der Waals surface area contributed by atoms with Gasteiger partial charge in [-0.3, -0.25) is 0 Å². The fourth-order valence-electron chi connectivity index (χ4n) is 2.37. The molecule has 1 heterocycles. The van der Waals surface area contributed by atoms with Gasteiger partial charge in [0.25, 0.3) is 0 Å². The number of cyclic esters (lactones) is 1. The Morgan fingerprint density at radius 2 is 1.89 bits per heavy atom. The Balaban J connectivity index is 2.09. The minimum atomic E-state index is -0.546. The number of rotatable bonds is 1. The maximum Gasteiger partial charge on any atom is 0.331 e. The van der Waals surface area contributed by atoms with Crippen LogP contribution in [0.15, 0.2) is 54.6 Å². The maximum atomic E-state index is 11.4. The summed E-state index contributed by atoms with van der Waals surface area (Å²) in [7, 11) is 0. The molecule has 2 aromatic rings. The molecule has 90 valence electrons. The fraction of sp³-hybridized carbons (Fsp3) is 0.188. The number of carbonyl (C=O) groups excluding carboxylic acids is 1. The van der Waals surface area contributed by atoms with Gasteiger partial charge in [-0.1, -0.05) is 42.5 Å². The number of esters is 1. The number of fused-ring (bicyclic) bond motifs is 1. The zero-order chi connectivity index (χ0) is 12.6. The molecule has 0 radical (unpaired) electrons. The van der Waals surface area contributed by atoms with Gasteiger partial charge >= 0.3 is 5.97 Å². The van der Waals surface area contributed by atoms with Crippen LogP contribution in [0.3, 0.4) is 0 Å². The molecular weight excluding hydrogens is 224 g/mol. The molecule has 0 bridgehead atoms. The standard InChI is InChI=1S/C16H14O2/c1-16(10-4-7-15(17)18-16)14-9-8-12-5-2-3-6-13(12)11-14/h2-9,11H,10H2,1H3/t16-/m0/s1. The third-order valence-electron chi connectivity index (χ3n) is 3.45. The van der Waals surface area contributed by atoms with Crippen molar-refractivity contribution in [3.8, 4) is 0 Å². The van der Waals surface area contributed by atoms with E-state index >= 15 is 0 Å². The lowest BCUT2D eigenvalue weighted by Crippen LogP contribution is -2.30. The molecule has 0 fully saturated rings. The molecule has 0 aromatic heterocycles. The Labute approximate surface area is 106 Å². The molecule has 2 heteroatoms. The van der Waals surface area contributed by atoms with Gasteiger partial charge in [0.05, 0.1) is 0 Å². The molecular formula is C16H14O2. The summed E-state index contributed by atoms with van der Waals surface area (Å²) in [5, 5.41) is 2.37. The van der Waals surface area contributed by atoms with Gasteiger partial charge in [-0.25, -0.2) is 4.79 Å². The average Bonchev–Trinajstić information content (AvgIpc) is 2.38. The van der Waals surface area contributed by atoms with E-state index in [0.717, 1.165) is 12.0 Å². The molecule has 0 spiro atoms. The highest BCUT2D eigenvalue weighted by molar-refractivity contribution is 5.85. The summed E-state index contributed by atoms with van der Waals surface area (Å²) in [5.41, 5.74) is 0.495. The van der Waals surface area contributed by atoms with Crippen molar-refractivity contribution in [1.82, 2.24) is 0 Å². The molecule has 0 N–H and O–H groups in total. The number of carbonyl (C=O) groups is 1. The average molecular weight is 238 g/mol. The van der Waals surface area contributed by atoms with Crippen molar-refractivity contribution in [1.29, 1.82) is 0 Å². The van der Waals surface area contributed by atoms with E-state index in [4.69, 9.17) is 4.74 Å². The zero-order valence-electron chi connectivity index (χ0n) is 10.2. The van der Waals surface area contributed by atoms with Gasteiger partial charge in [-0.05, 0) is 29.3 Å². The predicted molar refractivity (Wildman–Crippen MR) is 71.1 cm³/mol. The Morgan fingerprint density at radius 1 is 1.11 bits per heavy atom. The Kier molecular flexibility index (Phi) is 2.44. The highest BCUT2D eigenvalue weighted by atomic mass is 16.6.